The molecule has 1 aromatic heterocycles. The number of aromatic nitrogens is 2. The van der Waals surface area contributed by atoms with E-state index < -0.39 is 0 Å². The molecule has 1 N–H and O–H groups in total. The monoisotopic (exact) mass is 455 g/mol. The van der Waals surface area contributed by atoms with Gasteiger partial charge in [-0.25, -0.2) is 18.7 Å². The molecule has 0 atom stereocenters. The second kappa shape index (κ2) is 10.4. The van der Waals surface area contributed by atoms with E-state index in [1.165, 1.54) is 36.0 Å². The maximum atomic E-state index is 13.1. The fourth-order valence-corrected chi connectivity index (χ4v) is 4.06. The predicted molar refractivity (Wildman–Crippen MR) is 122 cm³/mol. The van der Waals surface area contributed by atoms with E-state index >= 15 is 0 Å². The molecule has 0 saturated carbocycles. The molecule has 1 saturated heterocycles. The number of nitrogens with zero attached hydrogens (tertiary/aromatic N) is 4. The van der Waals surface area contributed by atoms with Gasteiger partial charge in [-0.05, 0) is 48.0 Å². The molecule has 1 aliphatic heterocycles. The number of carbonyl (C=O) groups is 1. The van der Waals surface area contributed by atoms with Crippen molar-refractivity contribution in [1.82, 2.24) is 15.3 Å². The molecule has 9 heteroatoms. The van der Waals surface area contributed by atoms with Gasteiger partial charge in [0.05, 0.1) is 5.75 Å². The van der Waals surface area contributed by atoms with Crippen molar-refractivity contribution in [3.05, 3.63) is 78.0 Å². The second-order valence-corrected chi connectivity index (χ2v) is 8.28. The number of amides is 1. The van der Waals surface area contributed by atoms with Crippen molar-refractivity contribution in [2.45, 2.75) is 11.7 Å². The highest BCUT2D eigenvalue weighted by molar-refractivity contribution is 7.99. The van der Waals surface area contributed by atoms with Crippen LogP contribution >= 0.6 is 11.8 Å². The summed E-state index contributed by atoms with van der Waals surface area (Å²) in [5, 5.41) is 3.36. The van der Waals surface area contributed by atoms with Crippen molar-refractivity contribution in [2.24, 2.45) is 0 Å². The molecule has 0 aliphatic carbocycles. The van der Waals surface area contributed by atoms with E-state index in [1.807, 2.05) is 6.07 Å². The van der Waals surface area contributed by atoms with Crippen molar-refractivity contribution in [3.8, 4) is 0 Å². The van der Waals surface area contributed by atoms with Crippen molar-refractivity contribution in [3.63, 3.8) is 0 Å². The van der Waals surface area contributed by atoms with E-state index in [0.717, 1.165) is 43.2 Å². The molecule has 0 radical (unpaired) electrons. The maximum Gasteiger partial charge on any atom is 0.230 e. The van der Waals surface area contributed by atoms with Crippen LogP contribution in [0, 0.1) is 11.6 Å². The second-order valence-electron chi connectivity index (χ2n) is 7.34. The van der Waals surface area contributed by atoms with Gasteiger partial charge in [-0.1, -0.05) is 23.9 Å². The fourth-order valence-electron chi connectivity index (χ4n) is 3.41. The van der Waals surface area contributed by atoms with Crippen LogP contribution in [0.3, 0.4) is 0 Å². The van der Waals surface area contributed by atoms with Crippen molar-refractivity contribution in [2.75, 3.05) is 41.7 Å². The first kappa shape index (κ1) is 22.0. The smallest absolute Gasteiger partial charge is 0.230 e. The van der Waals surface area contributed by atoms with Crippen LogP contribution < -0.4 is 15.1 Å². The van der Waals surface area contributed by atoms with E-state index in [0.29, 0.717) is 11.7 Å². The highest BCUT2D eigenvalue weighted by Gasteiger charge is 2.19. The fraction of sp³-hybridized carbons (Fsp3) is 0.261. The largest absolute Gasteiger partial charge is 0.368 e. The lowest BCUT2D eigenvalue weighted by molar-refractivity contribution is -0.118. The number of hydrogen-bond acceptors (Lipinski definition) is 6. The minimum atomic E-state index is -0.301. The van der Waals surface area contributed by atoms with Crippen molar-refractivity contribution < 1.29 is 13.6 Å². The zero-order valence-electron chi connectivity index (χ0n) is 17.4. The molecule has 4 rings (SSSR count). The normalized spacial score (nSPS) is 13.8. The molecule has 6 nitrogen and oxygen atoms in total. The number of carbonyl (C=O) groups excluding carboxylic acids is 1. The lowest BCUT2D eigenvalue weighted by Gasteiger charge is -2.36. The molecular weight excluding hydrogens is 432 g/mol. The summed E-state index contributed by atoms with van der Waals surface area (Å²) in [6.07, 6.45) is 1.70. The third-order valence-electron chi connectivity index (χ3n) is 5.15. The number of hydrogen-bond donors (Lipinski definition) is 1. The van der Waals surface area contributed by atoms with Gasteiger partial charge in [-0.15, -0.1) is 0 Å². The summed E-state index contributed by atoms with van der Waals surface area (Å²) in [5.74, 6) is 0.351. The van der Waals surface area contributed by atoms with Crippen LogP contribution in [0.4, 0.5) is 20.3 Å². The lowest BCUT2D eigenvalue weighted by atomic mass is 10.2. The van der Waals surface area contributed by atoms with Crippen LogP contribution in [0.25, 0.3) is 0 Å². The average Bonchev–Trinajstić information content (AvgIpc) is 2.83. The van der Waals surface area contributed by atoms with E-state index in [-0.39, 0.29) is 23.3 Å². The Morgan fingerprint density at radius 1 is 0.906 bits per heavy atom. The summed E-state index contributed by atoms with van der Waals surface area (Å²) in [6.45, 7) is 3.54. The number of nitrogens with one attached hydrogen (secondary N) is 1. The minimum Gasteiger partial charge on any atom is -0.368 e. The number of thioether (sulfide) groups is 1. The number of piperazine rings is 1. The van der Waals surface area contributed by atoms with Crippen LogP contribution in [0.2, 0.25) is 0 Å². The molecular formula is C23H23F2N5OS. The Labute approximate surface area is 189 Å². The van der Waals surface area contributed by atoms with Gasteiger partial charge in [-0.2, -0.15) is 0 Å². The zero-order valence-corrected chi connectivity index (χ0v) is 18.2. The predicted octanol–water partition coefficient (Wildman–Crippen LogP) is 3.49. The van der Waals surface area contributed by atoms with Gasteiger partial charge in [0.25, 0.3) is 0 Å². The molecule has 32 heavy (non-hydrogen) atoms. The number of halogens is 2. The summed E-state index contributed by atoms with van der Waals surface area (Å²) in [4.78, 5) is 25.4. The van der Waals surface area contributed by atoms with E-state index in [2.05, 4.69) is 25.1 Å². The number of rotatable bonds is 7. The minimum absolute atomic E-state index is 0.138. The summed E-state index contributed by atoms with van der Waals surface area (Å²) in [5.41, 5.74) is 1.85. The number of benzene rings is 2. The summed E-state index contributed by atoms with van der Waals surface area (Å²) < 4.78 is 26.1. The molecule has 1 fully saturated rings. The van der Waals surface area contributed by atoms with Crippen LogP contribution in [0.5, 0.6) is 0 Å². The van der Waals surface area contributed by atoms with Crippen molar-refractivity contribution in [1.29, 1.82) is 0 Å². The van der Waals surface area contributed by atoms with Gasteiger partial charge in [0.2, 0.25) is 5.91 Å². The molecule has 2 aromatic carbocycles. The van der Waals surface area contributed by atoms with Gasteiger partial charge in [0.15, 0.2) is 5.16 Å². The highest BCUT2D eigenvalue weighted by Crippen LogP contribution is 2.21. The van der Waals surface area contributed by atoms with Crippen molar-refractivity contribution >= 4 is 29.2 Å². The molecule has 166 valence electrons. The summed E-state index contributed by atoms with van der Waals surface area (Å²) in [7, 11) is 0. The highest BCUT2D eigenvalue weighted by atomic mass is 32.2. The molecule has 0 unspecified atom stereocenters. The standard InChI is InChI=1S/C23H23F2N5OS/c24-18-3-1-17(2-4-18)15-27-22(31)16-32-23-26-10-9-21(28-23)30-13-11-29(12-14-30)20-7-5-19(25)6-8-20/h1-10H,11-16H2,(H,27,31). The van der Waals surface area contributed by atoms with E-state index in [9.17, 15) is 13.6 Å². The molecule has 0 spiro atoms. The summed E-state index contributed by atoms with van der Waals surface area (Å²) in [6, 6.07) is 14.4. The van der Waals surface area contributed by atoms with E-state index in [4.69, 9.17) is 0 Å². The number of anilines is 2. The first-order valence-corrected chi connectivity index (χ1v) is 11.3. The topological polar surface area (TPSA) is 61.4 Å². The van der Waals surface area contributed by atoms with Gasteiger partial charge < -0.3 is 15.1 Å². The van der Waals surface area contributed by atoms with Crippen LogP contribution in [-0.4, -0.2) is 47.8 Å². The third-order valence-corrected chi connectivity index (χ3v) is 6.01. The summed E-state index contributed by atoms with van der Waals surface area (Å²) >= 11 is 1.28. The molecule has 0 bridgehead atoms. The van der Waals surface area contributed by atoms with E-state index in [1.54, 1.807) is 30.5 Å². The Hall–Kier alpha value is -3.20. The third kappa shape index (κ3) is 5.94. The van der Waals surface area contributed by atoms with Gasteiger partial charge >= 0.3 is 0 Å². The average molecular weight is 456 g/mol. The Morgan fingerprint density at radius 3 is 2.22 bits per heavy atom. The molecule has 3 aromatic rings. The van der Waals surface area contributed by atoms with Crippen LogP contribution in [-0.2, 0) is 11.3 Å². The Kier molecular flexibility index (Phi) is 7.16. The quantitative estimate of drug-likeness (QED) is 0.435. The molecule has 2 heterocycles. The first-order chi connectivity index (χ1) is 15.6. The zero-order chi connectivity index (χ0) is 22.3. The lowest BCUT2D eigenvalue weighted by Crippen LogP contribution is -2.46. The Bertz CT molecular complexity index is 1040. The Balaban J connectivity index is 1.25. The van der Waals surface area contributed by atoms with Gasteiger partial charge in [-0.3, -0.25) is 4.79 Å². The molecule has 1 amide bonds. The Morgan fingerprint density at radius 2 is 1.53 bits per heavy atom. The SMILES string of the molecule is O=C(CSc1nccc(N2CCN(c3ccc(F)cc3)CC2)n1)NCc1ccc(F)cc1. The van der Waals surface area contributed by atoms with Gasteiger partial charge in [0, 0.05) is 44.6 Å². The van der Waals surface area contributed by atoms with Crippen LogP contribution in [0.15, 0.2) is 66.0 Å². The van der Waals surface area contributed by atoms with Crippen LogP contribution in [0.1, 0.15) is 5.56 Å². The maximum absolute atomic E-state index is 13.1. The molecule has 1 aliphatic rings. The first-order valence-electron chi connectivity index (χ1n) is 10.3. The van der Waals surface area contributed by atoms with Gasteiger partial charge in [0.1, 0.15) is 17.5 Å².